The van der Waals surface area contributed by atoms with Gasteiger partial charge in [-0.2, -0.15) is 0 Å². The van der Waals surface area contributed by atoms with Crippen LogP contribution in [0.1, 0.15) is 29.4 Å². The van der Waals surface area contributed by atoms with E-state index in [1.165, 1.54) is 4.88 Å². The molecule has 1 aliphatic heterocycles. The minimum Gasteiger partial charge on any atom is -0.392 e. The summed E-state index contributed by atoms with van der Waals surface area (Å²) in [5.41, 5.74) is 0.986. The quantitative estimate of drug-likeness (QED) is 0.935. The zero-order valence-corrected chi connectivity index (χ0v) is 11.6. The van der Waals surface area contributed by atoms with E-state index in [0.29, 0.717) is 5.92 Å². The molecule has 5 heteroatoms. The van der Waals surface area contributed by atoms with E-state index < -0.39 is 0 Å². The van der Waals surface area contributed by atoms with Gasteiger partial charge in [0.1, 0.15) is 0 Å². The third kappa shape index (κ3) is 3.05. The van der Waals surface area contributed by atoms with Crippen LogP contribution in [0.15, 0.2) is 30.2 Å². The maximum Gasteiger partial charge on any atom is 0.0945 e. The summed E-state index contributed by atoms with van der Waals surface area (Å²) in [6.07, 6.45) is 8.05. The summed E-state index contributed by atoms with van der Waals surface area (Å²) in [7, 11) is 0. The molecule has 1 aliphatic rings. The van der Waals surface area contributed by atoms with Gasteiger partial charge in [-0.1, -0.05) is 0 Å². The third-order valence-electron chi connectivity index (χ3n) is 3.59. The number of ether oxygens (including phenoxy) is 1. The molecule has 1 N–H and O–H groups in total. The molecule has 0 aromatic carbocycles. The standard InChI is InChI=1S/C14H18N2O2S/c17-8-12-6-14(19-9-12)13-5-11(1-4-18-13)7-16-3-2-15-10-16/h2-3,6,9-11,13,17H,1,4-5,7-8H2. The molecule has 2 aromatic heterocycles. The van der Waals surface area contributed by atoms with Gasteiger partial charge >= 0.3 is 0 Å². The molecule has 2 atom stereocenters. The molecule has 0 radical (unpaired) electrons. The maximum absolute atomic E-state index is 9.13. The van der Waals surface area contributed by atoms with Crippen molar-refractivity contribution in [2.75, 3.05) is 6.61 Å². The first-order valence-corrected chi connectivity index (χ1v) is 7.48. The van der Waals surface area contributed by atoms with Crippen molar-refractivity contribution in [2.45, 2.75) is 32.1 Å². The summed E-state index contributed by atoms with van der Waals surface area (Å²) in [4.78, 5) is 5.32. The SMILES string of the molecule is OCc1csc(C2CC(Cn3ccnc3)CCO2)c1. The molecule has 2 aromatic rings. The van der Waals surface area contributed by atoms with Crippen LogP contribution in [0.5, 0.6) is 0 Å². The first kappa shape index (κ1) is 12.8. The van der Waals surface area contributed by atoms with E-state index in [1.807, 2.05) is 24.1 Å². The lowest BCUT2D eigenvalue weighted by Crippen LogP contribution is -2.22. The minimum absolute atomic E-state index is 0.113. The van der Waals surface area contributed by atoms with Crippen molar-refractivity contribution < 1.29 is 9.84 Å². The topological polar surface area (TPSA) is 47.3 Å². The van der Waals surface area contributed by atoms with Gasteiger partial charge in [0.05, 0.1) is 19.0 Å². The van der Waals surface area contributed by atoms with Crippen molar-refractivity contribution in [3.63, 3.8) is 0 Å². The summed E-state index contributed by atoms with van der Waals surface area (Å²) < 4.78 is 8.01. The van der Waals surface area contributed by atoms with Crippen LogP contribution in [0.25, 0.3) is 0 Å². The fourth-order valence-corrected chi connectivity index (χ4v) is 3.53. The van der Waals surface area contributed by atoms with E-state index in [0.717, 1.165) is 31.6 Å². The number of aromatic nitrogens is 2. The van der Waals surface area contributed by atoms with E-state index >= 15 is 0 Å². The summed E-state index contributed by atoms with van der Waals surface area (Å²) in [5, 5.41) is 11.1. The van der Waals surface area contributed by atoms with Crippen molar-refractivity contribution in [2.24, 2.45) is 5.92 Å². The number of hydrogen-bond acceptors (Lipinski definition) is 4. The third-order valence-corrected chi connectivity index (χ3v) is 4.67. The number of nitrogens with zero attached hydrogens (tertiary/aromatic N) is 2. The average Bonchev–Trinajstić information content (AvgIpc) is 3.09. The largest absolute Gasteiger partial charge is 0.392 e. The highest BCUT2D eigenvalue weighted by atomic mass is 32.1. The van der Waals surface area contributed by atoms with Gasteiger partial charge in [0.25, 0.3) is 0 Å². The fourth-order valence-electron chi connectivity index (χ4n) is 2.57. The van der Waals surface area contributed by atoms with Crippen molar-refractivity contribution in [1.82, 2.24) is 9.55 Å². The van der Waals surface area contributed by atoms with E-state index in [2.05, 4.69) is 15.6 Å². The van der Waals surface area contributed by atoms with Crippen molar-refractivity contribution in [3.05, 3.63) is 40.6 Å². The highest BCUT2D eigenvalue weighted by molar-refractivity contribution is 7.10. The van der Waals surface area contributed by atoms with Crippen LogP contribution in [0.4, 0.5) is 0 Å². The van der Waals surface area contributed by atoms with Crippen LogP contribution in [0.3, 0.4) is 0 Å². The lowest BCUT2D eigenvalue weighted by atomic mass is 9.94. The van der Waals surface area contributed by atoms with Crippen LogP contribution in [-0.4, -0.2) is 21.3 Å². The predicted molar refractivity (Wildman–Crippen MR) is 73.9 cm³/mol. The molecule has 1 saturated heterocycles. The molecular formula is C14H18N2O2S. The Morgan fingerprint density at radius 1 is 1.53 bits per heavy atom. The minimum atomic E-state index is 0.113. The molecule has 1 fully saturated rings. The predicted octanol–water partition coefficient (Wildman–Crippen LogP) is 2.60. The van der Waals surface area contributed by atoms with Crippen molar-refractivity contribution in [3.8, 4) is 0 Å². The Hall–Kier alpha value is -1.17. The Kier molecular flexibility index (Phi) is 3.96. The molecule has 0 amide bonds. The Balaban J connectivity index is 1.64. The Bertz CT molecular complexity index is 509. The van der Waals surface area contributed by atoms with Gasteiger partial charge in [0, 0.05) is 30.4 Å². The van der Waals surface area contributed by atoms with Crippen molar-refractivity contribution >= 4 is 11.3 Å². The number of imidazole rings is 1. The van der Waals surface area contributed by atoms with E-state index in [9.17, 15) is 0 Å². The molecule has 0 bridgehead atoms. The Morgan fingerprint density at radius 2 is 2.47 bits per heavy atom. The van der Waals surface area contributed by atoms with Gasteiger partial charge in [-0.05, 0) is 35.8 Å². The molecule has 2 unspecified atom stereocenters. The molecular weight excluding hydrogens is 260 g/mol. The zero-order valence-electron chi connectivity index (χ0n) is 10.7. The molecule has 102 valence electrons. The van der Waals surface area contributed by atoms with Gasteiger partial charge in [-0.15, -0.1) is 11.3 Å². The molecule has 4 nitrogen and oxygen atoms in total. The van der Waals surface area contributed by atoms with Crippen LogP contribution >= 0.6 is 11.3 Å². The highest BCUT2D eigenvalue weighted by Gasteiger charge is 2.25. The second-order valence-corrected chi connectivity index (χ2v) is 5.97. The van der Waals surface area contributed by atoms with E-state index in [-0.39, 0.29) is 12.7 Å². The molecule has 0 saturated carbocycles. The summed E-state index contributed by atoms with van der Waals surface area (Å²) >= 11 is 1.69. The zero-order chi connectivity index (χ0) is 13.1. The molecule has 0 spiro atoms. The maximum atomic E-state index is 9.13. The first-order chi connectivity index (χ1) is 9.35. The van der Waals surface area contributed by atoms with Gasteiger partial charge < -0.3 is 14.4 Å². The molecule has 0 aliphatic carbocycles. The average molecular weight is 278 g/mol. The summed E-state index contributed by atoms with van der Waals surface area (Å²) in [6, 6.07) is 2.06. The Labute approximate surface area is 116 Å². The van der Waals surface area contributed by atoms with Crippen LogP contribution in [0.2, 0.25) is 0 Å². The fraction of sp³-hybridized carbons (Fsp3) is 0.500. The number of thiophene rings is 1. The number of aliphatic hydroxyl groups is 1. The number of rotatable bonds is 4. The van der Waals surface area contributed by atoms with Gasteiger partial charge in [0.15, 0.2) is 0 Å². The van der Waals surface area contributed by atoms with Crippen LogP contribution in [0, 0.1) is 5.92 Å². The highest BCUT2D eigenvalue weighted by Crippen LogP contribution is 2.35. The van der Waals surface area contributed by atoms with Gasteiger partial charge in [-0.25, -0.2) is 4.98 Å². The number of aliphatic hydroxyl groups excluding tert-OH is 1. The first-order valence-electron chi connectivity index (χ1n) is 6.60. The molecule has 3 rings (SSSR count). The smallest absolute Gasteiger partial charge is 0.0945 e. The van der Waals surface area contributed by atoms with E-state index in [1.54, 1.807) is 11.3 Å². The van der Waals surface area contributed by atoms with Crippen LogP contribution in [-0.2, 0) is 17.9 Å². The normalized spacial score (nSPS) is 23.6. The molecule has 19 heavy (non-hydrogen) atoms. The second-order valence-electron chi connectivity index (χ2n) is 5.02. The number of hydrogen-bond donors (Lipinski definition) is 1. The van der Waals surface area contributed by atoms with Gasteiger partial charge in [0.2, 0.25) is 0 Å². The van der Waals surface area contributed by atoms with E-state index in [4.69, 9.17) is 9.84 Å². The monoisotopic (exact) mass is 278 g/mol. The van der Waals surface area contributed by atoms with Gasteiger partial charge in [-0.3, -0.25) is 0 Å². The lowest BCUT2D eigenvalue weighted by molar-refractivity contribution is -0.0119. The second kappa shape index (κ2) is 5.86. The van der Waals surface area contributed by atoms with Crippen molar-refractivity contribution in [1.29, 1.82) is 0 Å². The summed E-state index contributed by atoms with van der Waals surface area (Å²) in [5.74, 6) is 0.632. The summed E-state index contributed by atoms with van der Waals surface area (Å²) in [6.45, 7) is 1.94. The van der Waals surface area contributed by atoms with Crippen LogP contribution < -0.4 is 0 Å². The lowest BCUT2D eigenvalue weighted by Gasteiger charge is -2.29. The molecule has 3 heterocycles. The Morgan fingerprint density at radius 3 is 3.21 bits per heavy atom.